The van der Waals surface area contributed by atoms with Crippen molar-refractivity contribution >= 4 is 11.9 Å². The van der Waals surface area contributed by atoms with Crippen molar-refractivity contribution in [2.75, 3.05) is 13.2 Å². The van der Waals surface area contributed by atoms with E-state index in [2.05, 4.69) is 26.5 Å². The van der Waals surface area contributed by atoms with Gasteiger partial charge in [0.05, 0.1) is 6.61 Å². The molecule has 6 atom stereocenters. The zero-order valence-electron chi connectivity index (χ0n) is 19.1. The minimum atomic E-state index is -1.61. The van der Waals surface area contributed by atoms with Crippen molar-refractivity contribution in [2.45, 2.75) is 102 Å². The number of ether oxygens (including phenoxy) is 1. The minimum Gasteiger partial charge on any atom is -0.380 e. The van der Waals surface area contributed by atoms with Crippen LogP contribution in [0.4, 0.5) is 13.2 Å². The van der Waals surface area contributed by atoms with Gasteiger partial charge in [0.25, 0.3) is 0 Å². The number of carbonyl (C=O) groups is 1. The van der Waals surface area contributed by atoms with Crippen LogP contribution in [-0.4, -0.2) is 61.8 Å². The Labute approximate surface area is 188 Å². The maximum atomic E-state index is 13.8. The lowest BCUT2D eigenvalue weighted by Crippen LogP contribution is -2.50. The molecule has 7 nitrogen and oxygen atoms in total. The van der Waals surface area contributed by atoms with Gasteiger partial charge in [0, 0.05) is 31.0 Å². The molecule has 3 fully saturated rings. The number of rotatable bonds is 7. The largest absolute Gasteiger partial charge is 0.380 e. The van der Waals surface area contributed by atoms with Crippen LogP contribution >= 0.6 is 0 Å². The second-order valence-electron chi connectivity index (χ2n) is 9.37. The fraction of sp³-hybridized carbons (Fsp3) is 0.909. The molecule has 2 saturated carbocycles. The number of nitrogens with zero attached hydrogens (tertiary/aromatic N) is 1. The summed E-state index contributed by atoms with van der Waals surface area (Å²) in [7, 11) is 0. The molecule has 0 spiro atoms. The summed E-state index contributed by atoms with van der Waals surface area (Å²) in [4.78, 5) is 17.4. The van der Waals surface area contributed by atoms with E-state index < -0.39 is 24.4 Å². The molecular weight excluding hydrogens is 423 g/mol. The van der Waals surface area contributed by atoms with E-state index in [0.29, 0.717) is 44.4 Å². The Morgan fingerprint density at radius 3 is 2.50 bits per heavy atom. The zero-order valence-corrected chi connectivity index (χ0v) is 19.1. The number of alkyl halides is 3. The Bertz CT molecular complexity index is 633. The van der Waals surface area contributed by atoms with Crippen molar-refractivity contribution in [3.63, 3.8) is 0 Å². The monoisotopic (exact) mass is 461 g/mol. The van der Waals surface area contributed by atoms with E-state index in [1.807, 2.05) is 13.8 Å². The van der Waals surface area contributed by atoms with Gasteiger partial charge >= 0.3 is 0 Å². The number of hydrogen-bond acceptors (Lipinski definition) is 5. The van der Waals surface area contributed by atoms with E-state index in [0.717, 1.165) is 19.3 Å². The highest BCUT2D eigenvalue weighted by Crippen LogP contribution is 2.31. The van der Waals surface area contributed by atoms with Crippen LogP contribution in [0.5, 0.6) is 0 Å². The molecule has 10 heteroatoms. The molecular formula is C22H38F3N5O2. The molecule has 1 amide bonds. The summed E-state index contributed by atoms with van der Waals surface area (Å²) in [6.07, 6.45) is -0.160. The third kappa shape index (κ3) is 7.31. The summed E-state index contributed by atoms with van der Waals surface area (Å²) < 4.78 is 46.1. The van der Waals surface area contributed by atoms with Gasteiger partial charge in [-0.1, -0.05) is 0 Å². The molecule has 1 heterocycles. The van der Waals surface area contributed by atoms with Crippen LogP contribution in [0.15, 0.2) is 4.99 Å². The second-order valence-corrected chi connectivity index (χ2v) is 9.37. The van der Waals surface area contributed by atoms with Crippen LogP contribution in [0.1, 0.15) is 65.2 Å². The Morgan fingerprint density at radius 2 is 1.81 bits per heavy atom. The summed E-state index contributed by atoms with van der Waals surface area (Å²) in [6, 6.07) is 0.0932. The topological polar surface area (TPSA) is 86.8 Å². The predicted molar refractivity (Wildman–Crippen MR) is 117 cm³/mol. The summed E-state index contributed by atoms with van der Waals surface area (Å²) in [5.41, 5.74) is 6.44. The van der Waals surface area contributed by atoms with Gasteiger partial charge in [0.15, 0.2) is 5.96 Å². The molecule has 0 aromatic rings. The van der Waals surface area contributed by atoms with E-state index in [1.165, 1.54) is 0 Å². The van der Waals surface area contributed by atoms with Crippen LogP contribution in [0.3, 0.4) is 0 Å². The molecule has 3 aliphatic rings. The van der Waals surface area contributed by atoms with Gasteiger partial charge in [-0.15, -0.1) is 0 Å². The Hall–Kier alpha value is -1.39. The summed E-state index contributed by atoms with van der Waals surface area (Å²) in [5, 5.41) is 5.97. The maximum absolute atomic E-state index is 13.8. The summed E-state index contributed by atoms with van der Waals surface area (Å²) in [6.45, 7) is 4.84. The van der Waals surface area contributed by atoms with E-state index in [1.54, 1.807) is 0 Å². The first kappa shape index (κ1) is 25.2. The molecule has 3 rings (SSSR count). The summed E-state index contributed by atoms with van der Waals surface area (Å²) >= 11 is 0. The zero-order chi connectivity index (χ0) is 23.1. The van der Waals surface area contributed by atoms with Crippen molar-refractivity contribution in [1.82, 2.24) is 21.5 Å². The van der Waals surface area contributed by atoms with E-state index in [4.69, 9.17) is 4.74 Å². The van der Waals surface area contributed by atoms with Crippen LogP contribution in [0, 0.1) is 11.8 Å². The lowest BCUT2D eigenvalue weighted by atomic mass is 9.82. The summed E-state index contributed by atoms with van der Waals surface area (Å²) in [5.74, 6) is -0.231. The lowest BCUT2D eigenvalue weighted by molar-refractivity contribution is -0.125. The van der Waals surface area contributed by atoms with Crippen LogP contribution in [-0.2, 0) is 9.53 Å². The highest BCUT2D eigenvalue weighted by molar-refractivity contribution is 5.98. The van der Waals surface area contributed by atoms with Crippen LogP contribution in [0.2, 0.25) is 0 Å². The number of hydrogen-bond donors (Lipinski definition) is 4. The van der Waals surface area contributed by atoms with Gasteiger partial charge in [-0.05, 0) is 64.7 Å². The third-order valence-electron chi connectivity index (χ3n) is 6.73. The van der Waals surface area contributed by atoms with E-state index in [-0.39, 0.29) is 37.0 Å². The molecule has 0 aromatic heterocycles. The first-order valence-electron chi connectivity index (χ1n) is 12.0. The first-order chi connectivity index (χ1) is 15.4. The first-order valence-corrected chi connectivity index (χ1v) is 12.0. The molecule has 184 valence electrons. The Balaban J connectivity index is 1.60. The van der Waals surface area contributed by atoms with Gasteiger partial charge in [0.2, 0.25) is 5.91 Å². The van der Waals surface area contributed by atoms with Crippen molar-refractivity contribution in [3.8, 4) is 0 Å². The van der Waals surface area contributed by atoms with Gasteiger partial charge in [-0.25, -0.2) is 23.6 Å². The lowest BCUT2D eigenvalue weighted by Gasteiger charge is -2.28. The molecule has 2 aliphatic carbocycles. The van der Waals surface area contributed by atoms with Crippen LogP contribution < -0.4 is 21.5 Å². The van der Waals surface area contributed by atoms with E-state index in [9.17, 15) is 18.0 Å². The molecule has 0 radical (unpaired) electrons. The molecule has 5 unspecified atom stereocenters. The molecule has 4 N–H and O–H groups in total. The Morgan fingerprint density at radius 1 is 1.06 bits per heavy atom. The molecule has 0 bridgehead atoms. The second kappa shape index (κ2) is 12.2. The van der Waals surface area contributed by atoms with Crippen molar-refractivity contribution in [2.24, 2.45) is 16.8 Å². The normalized spacial score (nSPS) is 37.2. The SMILES string of the molecule is CCOC[C@H](C)N/C(=N/C1CC(C2CCC(F)CC2)NN1)NC(=O)C1CCC(F)C(F)C1. The van der Waals surface area contributed by atoms with Gasteiger partial charge in [-0.3, -0.25) is 15.5 Å². The standard InChI is InChI=1S/C22H38F3N5O2/c1-3-32-12-13(2)26-22(28-21(31)15-6-9-17(24)18(25)10-15)27-20-11-19(29-30-20)14-4-7-16(23)8-5-14/h13-20,29-30H,3-12H2,1-2H3,(H2,26,27,28,31)/t13-,14?,15?,16?,17?,18?,19?,20?/m0/s1. The number of hydrazine groups is 1. The average Bonchev–Trinajstić information content (AvgIpc) is 3.23. The van der Waals surface area contributed by atoms with Crippen LogP contribution in [0.25, 0.3) is 0 Å². The minimum absolute atomic E-state index is 0.0524. The van der Waals surface area contributed by atoms with Crippen molar-refractivity contribution in [3.05, 3.63) is 0 Å². The number of halogens is 3. The highest BCUT2D eigenvalue weighted by Gasteiger charge is 2.36. The molecule has 1 aliphatic heterocycles. The number of amides is 1. The van der Waals surface area contributed by atoms with Gasteiger partial charge in [-0.2, -0.15) is 0 Å². The van der Waals surface area contributed by atoms with Gasteiger partial charge < -0.3 is 10.1 Å². The van der Waals surface area contributed by atoms with Gasteiger partial charge in [0.1, 0.15) is 24.7 Å². The maximum Gasteiger partial charge on any atom is 0.229 e. The molecule has 1 saturated heterocycles. The quantitative estimate of drug-likeness (QED) is 0.346. The molecule has 32 heavy (non-hydrogen) atoms. The number of guanidine groups is 1. The fourth-order valence-corrected chi connectivity index (χ4v) is 4.80. The third-order valence-corrected chi connectivity index (χ3v) is 6.73. The molecule has 0 aromatic carbocycles. The predicted octanol–water partition coefficient (Wildman–Crippen LogP) is 2.67. The fourth-order valence-electron chi connectivity index (χ4n) is 4.80. The number of nitrogens with one attached hydrogen (secondary N) is 4. The number of carbonyl (C=O) groups excluding carboxylic acids is 1. The Kier molecular flexibility index (Phi) is 9.61. The highest BCUT2D eigenvalue weighted by atomic mass is 19.2. The van der Waals surface area contributed by atoms with Crippen molar-refractivity contribution < 1.29 is 22.7 Å². The smallest absolute Gasteiger partial charge is 0.229 e. The van der Waals surface area contributed by atoms with Crippen molar-refractivity contribution in [1.29, 1.82) is 0 Å². The van der Waals surface area contributed by atoms with E-state index >= 15 is 0 Å². The average molecular weight is 462 g/mol. The number of aliphatic imine (C=N–C) groups is 1.